The van der Waals surface area contributed by atoms with Crippen LogP contribution in [-0.4, -0.2) is 30.8 Å². The van der Waals surface area contributed by atoms with E-state index in [1.165, 1.54) is 0 Å². The van der Waals surface area contributed by atoms with Crippen LogP contribution in [-0.2, 0) is 22.4 Å². The first kappa shape index (κ1) is 21.3. The van der Waals surface area contributed by atoms with E-state index in [0.717, 1.165) is 5.56 Å². The summed E-state index contributed by atoms with van der Waals surface area (Å²) >= 11 is 0. The van der Waals surface area contributed by atoms with Crippen molar-refractivity contribution in [1.29, 1.82) is 0 Å². The number of nitrogens with zero attached hydrogens (tertiary/aromatic N) is 1. The molecule has 0 saturated carbocycles. The lowest BCUT2D eigenvalue weighted by atomic mass is 10.0. The van der Waals surface area contributed by atoms with Crippen molar-refractivity contribution in [3.05, 3.63) is 65.5 Å². The van der Waals surface area contributed by atoms with Crippen LogP contribution < -0.4 is 9.47 Å². The number of rotatable bonds is 10. The lowest BCUT2D eigenvalue weighted by Gasteiger charge is -2.07. The average Bonchev–Trinajstić information content (AvgIpc) is 3.12. The smallest absolute Gasteiger partial charge is 0.226 e. The molecular weight excluding hydrogens is 382 g/mol. The molecule has 1 heterocycles. The van der Waals surface area contributed by atoms with Crippen LogP contribution >= 0.6 is 0 Å². The summed E-state index contributed by atoms with van der Waals surface area (Å²) in [4.78, 5) is 29.0. The normalized spacial score (nSPS) is 10.6. The van der Waals surface area contributed by atoms with Gasteiger partial charge in [-0.15, -0.1) is 0 Å². The third-order valence-electron chi connectivity index (χ3n) is 4.82. The lowest BCUT2D eigenvalue weighted by Crippen LogP contribution is -2.11. The first-order chi connectivity index (χ1) is 14.5. The Morgan fingerprint density at radius 2 is 1.70 bits per heavy atom. The number of aromatic nitrogens is 1. The fourth-order valence-electron chi connectivity index (χ4n) is 3.17. The maximum Gasteiger partial charge on any atom is 0.226 e. The summed E-state index contributed by atoms with van der Waals surface area (Å²) in [7, 11) is 3.12. The molecule has 0 unspecified atom stereocenters. The third kappa shape index (κ3) is 5.35. The van der Waals surface area contributed by atoms with Gasteiger partial charge in [-0.1, -0.05) is 30.3 Å². The number of Topliss-reactive ketones (excluding diaryl/α,β-unsaturated/α-hetero) is 2. The van der Waals surface area contributed by atoms with Crippen molar-refractivity contribution in [3.8, 4) is 23.0 Å². The summed E-state index contributed by atoms with van der Waals surface area (Å²) < 4.78 is 16.3. The lowest BCUT2D eigenvalue weighted by molar-refractivity contribution is -0.126. The molecule has 3 rings (SSSR count). The zero-order valence-corrected chi connectivity index (χ0v) is 17.4. The Morgan fingerprint density at radius 1 is 0.967 bits per heavy atom. The Balaban J connectivity index is 1.61. The molecule has 0 aliphatic heterocycles. The van der Waals surface area contributed by atoms with Crippen molar-refractivity contribution >= 4 is 11.6 Å². The number of ketones is 2. The molecule has 0 amide bonds. The van der Waals surface area contributed by atoms with Crippen molar-refractivity contribution in [3.63, 3.8) is 0 Å². The summed E-state index contributed by atoms with van der Waals surface area (Å²) in [5.74, 6) is 1.89. The second-order valence-electron chi connectivity index (χ2n) is 7.01. The number of hydrogen-bond donors (Lipinski definition) is 0. The first-order valence-electron chi connectivity index (χ1n) is 9.76. The third-order valence-corrected chi connectivity index (χ3v) is 4.82. The molecule has 156 valence electrons. The highest BCUT2D eigenvalue weighted by Gasteiger charge is 2.18. The highest BCUT2D eigenvalue weighted by atomic mass is 16.5. The van der Waals surface area contributed by atoms with Gasteiger partial charge in [-0.25, -0.2) is 4.98 Å². The van der Waals surface area contributed by atoms with Gasteiger partial charge in [0.15, 0.2) is 11.5 Å². The van der Waals surface area contributed by atoms with Gasteiger partial charge in [-0.05, 0) is 37.1 Å². The minimum absolute atomic E-state index is 0.0647. The van der Waals surface area contributed by atoms with E-state index in [0.29, 0.717) is 47.2 Å². The molecule has 0 aliphatic carbocycles. The number of methoxy groups -OCH3 is 2. The van der Waals surface area contributed by atoms with Crippen LogP contribution in [0.2, 0.25) is 0 Å². The van der Waals surface area contributed by atoms with Gasteiger partial charge in [0.2, 0.25) is 5.89 Å². The molecule has 0 bridgehead atoms. The summed E-state index contributed by atoms with van der Waals surface area (Å²) in [6.07, 6.45) is 0.967. The molecular formula is C24H25NO5. The Morgan fingerprint density at radius 3 is 2.40 bits per heavy atom. The molecule has 0 radical (unpaired) electrons. The zero-order chi connectivity index (χ0) is 21.5. The van der Waals surface area contributed by atoms with Crippen molar-refractivity contribution in [2.24, 2.45) is 0 Å². The summed E-state index contributed by atoms with van der Waals surface area (Å²) in [6.45, 7) is 1.76. The van der Waals surface area contributed by atoms with E-state index >= 15 is 0 Å². The number of carbonyl (C=O) groups is 2. The number of carbonyl (C=O) groups excluding carboxylic acids is 2. The molecule has 6 heteroatoms. The number of ether oxygens (including phenoxy) is 2. The van der Waals surface area contributed by atoms with Crippen LogP contribution in [0.3, 0.4) is 0 Å². The molecule has 0 N–H and O–H groups in total. The zero-order valence-electron chi connectivity index (χ0n) is 17.4. The molecule has 0 saturated heterocycles. The molecule has 0 fully saturated rings. The molecule has 3 aromatic rings. The van der Waals surface area contributed by atoms with Gasteiger partial charge in [0.25, 0.3) is 0 Å². The van der Waals surface area contributed by atoms with Crippen molar-refractivity contribution in [1.82, 2.24) is 4.98 Å². The van der Waals surface area contributed by atoms with Crippen LogP contribution in [0.25, 0.3) is 11.5 Å². The molecule has 0 aliphatic rings. The van der Waals surface area contributed by atoms with E-state index in [9.17, 15) is 9.59 Å². The van der Waals surface area contributed by atoms with Gasteiger partial charge in [-0.3, -0.25) is 9.59 Å². The molecule has 0 spiro atoms. The first-order valence-corrected chi connectivity index (χ1v) is 9.76. The number of hydrogen-bond acceptors (Lipinski definition) is 6. The Kier molecular flexibility index (Phi) is 7.01. The molecule has 0 atom stereocenters. The predicted octanol–water partition coefficient (Wildman–Crippen LogP) is 4.37. The van der Waals surface area contributed by atoms with Crippen molar-refractivity contribution in [2.75, 3.05) is 14.2 Å². The topological polar surface area (TPSA) is 78.6 Å². The fourth-order valence-corrected chi connectivity index (χ4v) is 3.17. The van der Waals surface area contributed by atoms with Gasteiger partial charge in [-0.2, -0.15) is 0 Å². The van der Waals surface area contributed by atoms with E-state index in [2.05, 4.69) is 4.98 Å². The minimum Gasteiger partial charge on any atom is -0.493 e. The van der Waals surface area contributed by atoms with Crippen LogP contribution in [0.15, 0.2) is 52.9 Å². The second-order valence-corrected chi connectivity index (χ2v) is 7.01. The standard InChI is InChI=1S/C24H25NO5/c1-16-21(15-20(27)14-19(26)11-9-17-7-5-4-6-8-17)25-24(30-16)18-10-12-22(28-2)23(13-18)29-3/h4-8,10,12-13H,9,11,14-15H2,1-3H3. The Bertz CT molecular complexity index is 1020. The van der Waals surface area contributed by atoms with Gasteiger partial charge < -0.3 is 13.9 Å². The summed E-state index contributed by atoms with van der Waals surface area (Å²) in [5, 5.41) is 0. The van der Waals surface area contributed by atoms with E-state index in [4.69, 9.17) is 13.9 Å². The molecule has 6 nitrogen and oxygen atoms in total. The monoisotopic (exact) mass is 407 g/mol. The van der Waals surface area contributed by atoms with Crippen molar-refractivity contribution in [2.45, 2.75) is 32.6 Å². The number of aryl methyl sites for hydroxylation is 2. The van der Waals surface area contributed by atoms with Gasteiger partial charge in [0, 0.05) is 12.0 Å². The van der Waals surface area contributed by atoms with Crippen LogP contribution in [0.4, 0.5) is 0 Å². The van der Waals surface area contributed by atoms with Gasteiger partial charge >= 0.3 is 0 Å². The highest BCUT2D eigenvalue weighted by molar-refractivity contribution is 5.99. The molecule has 1 aromatic heterocycles. The van der Waals surface area contributed by atoms with E-state index in [1.807, 2.05) is 36.4 Å². The SMILES string of the molecule is COc1ccc(-c2nc(CC(=O)CC(=O)CCc3ccccc3)c(C)o2)cc1OC. The molecule has 30 heavy (non-hydrogen) atoms. The second kappa shape index (κ2) is 9.87. The van der Waals surface area contributed by atoms with Gasteiger partial charge in [0.05, 0.1) is 32.8 Å². The average molecular weight is 407 g/mol. The fraction of sp³-hybridized carbons (Fsp3) is 0.292. The van der Waals surface area contributed by atoms with Crippen LogP contribution in [0.5, 0.6) is 11.5 Å². The summed E-state index contributed by atoms with van der Waals surface area (Å²) in [6, 6.07) is 15.1. The van der Waals surface area contributed by atoms with Crippen molar-refractivity contribution < 1.29 is 23.5 Å². The van der Waals surface area contributed by atoms with E-state index in [1.54, 1.807) is 33.3 Å². The predicted molar refractivity (Wildman–Crippen MR) is 113 cm³/mol. The number of benzene rings is 2. The van der Waals surface area contributed by atoms with Crippen LogP contribution in [0, 0.1) is 6.92 Å². The minimum atomic E-state index is -0.164. The Hall–Kier alpha value is -3.41. The quantitative estimate of drug-likeness (QED) is 0.464. The van der Waals surface area contributed by atoms with E-state index < -0.39 is 0 Å². The van der Waals surface area contributed by atoms with E-state index in [-0.39, 0.29) is 24.4 Å². The largest absolute Gasteiger partial charge is 0.493 e. The highest BCUT2D eigenvalue weighted by Crippen LogP contribution is 2.32. The number of oxazole rings is 1. The summed E-state index contributed by atoms with van der Waals surface area (Å²) in [5.41, 5.74) is 2.35. The van der Waals surface area contributed by atoms with Gasteiger partial charge in [0.1, 0.15) is 17.3 Å². The maximum atomic E-state index is 12.4. The Labute approximate surface area is 175 Å². The maximum absolute atomic E-state index is 12.4. The van der Waals surface area contributed by atoms with Crippen LogP contribution in [0.1, 0.15) is 29.9 Å². The molecule has 2 aromatic carbocycles.